The van der Waals surface area contributed by atoms with Crippen molar-refractivity contribution in [1.29, 1.82) is 0 Å². The number of aromatic amines is 1. The van der Waals surface area contributed by atoms with Crippen LogP contribution >= 0.6 is 0 Å². The van der Waals surface area contributed by atoms with Gasteiger partial charge in [-0.25, -0.2) is 8.42 Å². The van der Waals surface area contributed by atoms with Gasteiger partial charge in [0, 0.05) is 30.5 Å². The number of H-pyrrole nitrogens is 1. The molecule has 0 unspecified atom stereocenters. The van der Waals surface area contributed by atoms with E-state index in [0.717, 1.165) is 11.3 Å². The Bertz CT molecular complexity index is 952. The Morgan fingerprint density at radius 1 is 1.04 bits per heavy atom. The standard InChI is InChI=1S/C20H22N2O3S/c1-3-22(15-16-8-5-4-6-9-16)26(23,24)17-11-12-20(25-2)18(14-17)19-10-7-13-21-19/h4-14,21H,3,15H2,1-2H3. The van der Waals surface area contributed by atoms with E-state index in [4.69, 9.17) is 4.74 Å². The molecule has 136 valence electrons. The monoisotopic (exact) mass is 370 g/mol. The van der Waals surface area contributed by atoms with Crippen molar-refractivity contribution in [2.45, 2.75) is 18.4 Å². The van der Waals surface area contributed by atoms with E-state index in [2.05, 4.69) is 4.98 Å². The zero-order valence-corrected chi connectivity index (χ0v) is 15.7. The largest absolute Gasteiger partial charge is 0.496 e. The average molecular weight is 370 g/mol. The quantitative estimate of drug-likeness (QED) is 0.686. The Morgan fingerprint density at radius 3 is 2.42 bits per heavy atom. The lowest BCUT2D eigenvalue weighted by Crippen LogP contribution is -2.30. The van der Waals surface area contributed by atoms with Gasteiger partial charge >= 0.3 is 0 Å². The summed E-state index contributed by atoms with van der Waals surface area (Å²) >= 11 is 0. The topological polar surface area (TPSA) is 62.4 Å². The van der Waals surface area contributed by atoms with E-state index in [9.17, 15) is 8.42 Å². The molecule has 0 spiro atoms. The van der Waals surface area contributed by atoms with Crippen molar-refractivity contribution in [3.05, 3.63) is 72.4 Å². The zero-order chi connectivity index (χ0) is 18.6. The van der Waals surface area contributed by atoms with Gasteiger partial charge in [0.15, 0.2) is 0 Å². The summed E-state index contributed by atoms with van der Waals surface area (Å²) in [6, 6.07) is 18.3. The third-order valence-electron chi connectivity index (χ3n) is 4.25. The number of methoxy groups -OCH3 is 1. The van der Waals surface area contributed by atoms with Crippen LogP contribution in [0.4, 0.5) is 0 Å². The lowest BCUT2D eigenvalue weighted by molar-refractivity contribution is 0.414. The first kappa shape index (κ1) is 18.2. The minimum absolute atomic E-state index is 0.251. The number of aromatic nitrogens is 1. The first-order valence-electron chi connectivity index (χ1n) is 8.42. The Labute approximate surface area is 154 Å². The molecule has 1 aromatic heterocycles. The van der Waals surface area contributed by atoms with Gasteiger partial charge in [-0.2, -0.15) is 4.31 Å². The minimum atomic E-state index is -3.62. The molecule has 0 amide bonds. The van der Waals surface area contributed by atoms with Gasteiger partial charge in [-0.1, -0.05) is 37.3 Å². The van der Waals surface area contributed by atoms with Crippen LogP contribution in [0.1, 0.15) is 12.5 Å². The third kappa shape index (κ3) is 3.66. The van der Waals surface area contributed by atoms with Crippen molar-refractivity contribution >= 4 is 10.0 Å². The molecule has 1 heterocycles. The normalized spacial score (nSPS) is 11.7. The van der Waals surface area contributed by atoms with Crippen molar-refractivity contribution in [3.8, 4) is 17.0 Å². The van der Waals surface area contributed by atoms with Gasteiger partial charge < -0.3 is 9.72 Å². The summed E-state index contributed by atoms with van der Waals surface area (Å²) in [4.78, 5) is 3.35. The van der Waals surface area contributed by atoms with Crippen LogP contribution in [-0.4, -0.2) is 31.4 Å². The van der Waals surface area contributed by atoms with Crippen LogP contribution in [0.2, 0.25) is 0 Å². The molecule has 0 aliphatic rings. The second-order valence-electron chi connectivity index (χ2n) is 5.86. The summed E-state index contributed by atoms with van der Waals surface area (Å²) in [5.74, 6) is 0.623. The molecule has 0 aliphatic carbocycles. The Balaban J connectivity index is 1.99. The molecule has 0 aliphatic heterocycles. The van der Waals surface area contributed by atoms with Crippen LogP contribution in [-0.2, 0) is 16.6 Å². The van der Waals surface area contributed by atoms with E-state index in [1.165, 1.54) is 4.31 Å². The summed E-state index contributed by atoms with van der Waals surface area (Å²) in [6.45, 7) is 2.57. The molecular formula is C20H22N2O3S. The number of rotatable bonds is 7. The predicted molar refractivity (Wildman–Crippen MR) is 102 cm³/mol. The number of nitrogens with one attached hydrogen (secondary N) is 1. The number of ether oxygens (including phenoxy) is 1. The van der Waals surface area contributed by atoms with Gasteiger partial charge in [0.05, 0.1) is 12.0 Å². The van der Waals surface area contributed by atoms with E-state index in [1.54, 1.807) is 31.5 Å². The minimum Gasteiger partial charge on any atom is -0.496 e. The third-order valence-corrected chi connectivity index (χ3v) is 6.17. The highest BCUT2D eigenvalue weighted by atomic mass is 32.2. The number of hydrogen-bond donors (Lipinski definition) is 1. The molecule has 0 radical (unpaired) electrons. The molecule has 0 bridgehead atoms. The van der Waals surface area contributed by atoms with Crippen molar-refractivity contribution < 1.29 is 13.2 Å². The molecule has 6 heteroatoms. The fourth-order valence-electron chi connectivity index (χ4n) is 2.86. The maximum absolute atomic E-state index is 13.2. The van der Waals surface area contributed by atoms with Gasteiger partial charge in [0.25, 0.3) is 0 Å². The zero-order valence-electron chi connectivity index (χ0n) is 14.8. The number of hydrogen-bond acceptors (Lipinski definition) is 3. The molecule has 26 heavy (non-hydrogen) atoms. The summed E-state index contributed by atoms with van der Waals surface area (Å²) in [5.41, 5.74) is 2.48. The lowest BCUT2D eigenvalue weighted by atomic mass is 10.1. The second-order valence-corrected chi connectivity index (χ2v) is 7.80. The van der Waals surface area contributed by atoms with Crippen LogP contribution in [0.25, 0.3) is 11.3 Å². The van der Waals surface area contributed by atoms with Gasteiger partial charge in [0.1, 0.15) is 5.75 Å². The maximum atomic E-state index is 13.2. The Kier molecular flexibility index (Phi) is 5.44. The molecule has 0 saturated heterocycles. The summed E-state index contributed by atoms with van der Waals surface area (Å²) in [6.07, 6.45) is 1.80. The van der Waals surface area contributed by atoms with E-state index in [0.29, 0.717) is 24.4 Å². The van der Waals surface area contributed by atoms with Crippen molar-refractivity contribution in [3.63, 3.8) is 0 Å². The molecule has 1 N–H and O–H groups in total. The number of nitrogens with zero attached hydrogens (tertiary/aromatic N) is 1. The Hall–Kier alpha value is -2.57. The summed E-state index contributed by atoms with van der Waals surface area (Å²) in [7, 11) is -2.05. The highest BCUT2D eigenvalue weighted by Crippen LogP contribution is 2.32. The van der Waals surface area contributed by atoms with Gasteiger partial charge in [-0.15, -0.1) is 0 Å². The van der Waals surface area contributed by atoms with E-state index in [1.807, 2.05) is 49.4 Å². The van der Waals surface area contributed by atoms with Crippen LogP contribution in [0.5, 0.6) is 5.75 Å². The Morgan fingerprint density at radius 2 is 1.81 bits per heavy atom. The molecule has 0 atom stereocenters. The SMILES string of the molecule is CCN(Cc1ccccc1)S(=O)(=O)c1ccc(OC)c(-c2ccc[nH]2)c1. The van der Waals surface area contributed by atoms with Crippen molar-refractivity contribution in [2.24, 2.45) is 0 Å². The van der Waals surface area contributed by atoms with Crippen LogP contribution in [0.3, 0.4) is 0 Å². The second kappa shape index (κ2) is 7.76. The summed E-state index contributed by atoms with van der Waals surface area (Å²) < 4.78 is 33.2. The predicted octanol–water partition coefficient (Wildman–Crippen LogP) is 3.90. The molecular weight excluding hydrogens is 348 g/mol. The van der Waals surface area contributed by atoms with E-state index in [-0.39, 0.29) is 4.90 Å². The highest BCUT2D eigenvalue weighted by Gasteiger charge is 2.24. The number of sulfonamides is 1. The van der Waals surface area contributed by atoms with Crippen LogP contribution < -0.4 is 4.74 Å². The van der Waals surface area contributed by atoms with Crippen LogP contribution in [0, 0.1) is 0 Å². The van der Waals surface area contributed by atoms with E-state index >= 15 is 0 Å². The van der Waals surface area contributed by atoms with Gasteiger partial charge in [-0.05, 0) is 35.9 Å². The van der Waals surface area contributed by atoms with Crippen LogP contribution in [0.15, 0.2) is 71.8 Å². The van der Waals surface area contributed by atoms with Crippen molar-refractivity contribution in [1.82, 2.24) is 9.29 Å². The molecule has 0 saturated carbocycles. The number of benzene rings is 2. The highest BCUT2D eigenvalue weighted by molar-refractivity contribution is 7.89. The first-order chi connectivity index (χ1) is 12.6. The first-order valence-corrected chi connectivity index (χ1v) is 9.86. The fraction of sp³-hybridized carbons (Fsp3) is 0.200. The molecule has 0 fully saturated rings. The van der Waals surface area contributed by atoms with Gasteiger partial charge in [0.2, 0.25) is 10.0 Å². The average Bonchev–Trinajstić information content (AvgIpc) is 3.20. The molecule has 3 rings (SSSR count). The fourth-order valence-corrected chi connectivity index (χ4v) is 4.32. The smallest absolute Gasteiger partial charge is 0.243 e. The lowest BCUT2D eigenvalue weighted by Gasteiger charge is -2.21. The molecule has 5 nitrogen and oxygen atoms in total. The van der Waals surface area contributed by atoms with E-state index < -0.39 is 10.0 Å². The molecule has 2 aromatic carbocycles. The molecule has 3 aromatic rings. The van der Waals surface area contributed by atoms with Gasteiger partial charge in [-0.3, -0.25) is 0 Å². The maximum Gasteiger partial charge on any atom is 0.243 e. The van der Waals surface area contributed by atoms with Crippen molar-refractivity contribution in [2.75, 3.05) is 13.7 Å². The summed E-state index contributed by atoms with van der Waals surface area (Å²) in [5, 5.41) is 0.